The van der Waals surface area contributed by atoms with Crippen LogP contribution in [-0.2, 0) is 6.54 Å². The molecule has 0 fully saturated rings. The quantitative estimate of drug-likeness (QED) is 0.693. The van der Waals surface area contributed by atoms with Crippen molar-refractivity contribution in [1.29, 1.82) is 0 Å². The van der Waals surface area contributed by atoms with E-state index in [0.29, 0.717) is 17.3 Å². The van der Waals surface area contributed by atoms with Gasteiger partial charge in [0.2, 0.25) is 0 Å². The van der Waals surface area contributed by atoms with Crippen molar-refractivity contribution >= 4 is 28.8 Å². The fourth-order valence-electron chi connectivity index (χ4n) is 2.33. The zero-order chi connectivity index (χ0) is 17.3. The van der Waals surface area contributed by atoms with Crippen LogP contribution in [0.25, 0.3) is 10.6 Å². The molecule has 2 heterocycles. The first kappa shape index (κ1) is 16.7. The van der Waals surface area contributed by atoms with Crippen molar-refractivity contribution in [3.63, 3.8) is 0 Å². The predicted molar refractivity (Wildman–Crippen MR) is 94.3 cm³/mol. The molecule has 3 rings (SSSR count). The number of benzene rings is 1. The summed E-state index contributed by atoms with van der Waals surface area (Å²) in [7, 11) is 1.75. The Morgan fingerprint density at radius 3 is 2.62 bits per heavy atom. The van der Waals surface area contributed by atoms with Crippen LogP contribution in [0.4, 0.5) is 0 Å². The molecular weight excluding hydrogens is 346 g/mol. The normalized spacial score (nSPS) is 10.8. The molecule has 0 N–H and O–H groups in total. The predicted octanol–water partition coefficient (Wildman–Crippen LogP) is 4.34. The number of carbonyl (C=O) groups is 1. The summed E-state index contributed by atoms with van der Waals surface area (Å²) >= 11 is 7.33. The van der Waals surface area contributed by atoms with E-state index in [1.807, 2.05) is 38.1 Å². The third kappa shape index (κ3) is 3.34. The molecule has 0 radical (unpaired) electrons. The number of amides is 1. The van der Waals surface area contributed by atoms with E-state index >= 15 is 0 Å². The zero-order valence-corrected chi connectivity index (χ0v) is 15.1. The number of rotatable bonds is 4. The highest BCUT2D eigenvalue weighted by molar-refractivity contribution is 7.13. The maximum Gasteiger partial charge on any atom is 0.273 e. The molecule has 1 amide bonds. The summed E-state index contributed by atoms with van der Waals surface area (Å²) < 4.78 is 5.14. The Hall–Kier alpha value is -2.18. The third-order valence-corrected chi connectivity index (χ3v) is 4.88. The first-order chi connectivity index (χ1) is 11.5. The van der Waals surface area contributed by atoms with E-state index < -0.39 is 0 Å². The van der Waals surface area contributed by atoms with E-state index in [-0.39, 0.29) is 5.91 Å². The Morgan fingerprint density at radius 1 is 1.29 bits per heavy atom. The number of nitrogens with zero attached hydrogens (tertiary/aromatic N) is 3. The third-order valence-electron chi connectivity index (χ3n) is 3.74. The van der Waals surface area contributed by atoms with Crippen molar-refractivity contribution in [3.8, 4) is 10.6 Å². The molecule has 3 aromatic rings. The van der Waals surface area contributed by atoms with Gasteiger partial charge in [-0.05, 0) is 26.0 Å². The van der Waals surface area contributed by atoms with Gasteiger partial charge >= 0.3 is 0 Å². The topological polar surface area (TPSA) is 59.2 Å². The zero-order valence-electron chi connectivity index (χ0n) is 13.5. The van der Waals surface area contributed by atoms with Crippen LogP contribution in [0.5, 0.6) is 0 Å². The number of carbonyl (C=O) groups excluding carboxylic acids is 1. The summed E-state index contributed by atoms with van der Waals surface area (Å²) in [5.74, 6) is 0.596. The lowest BCUT2D eigenvalue weighted by Gasteiger charge is -2.15. The first-order valence-electron chi connectivity index (χ1n) is 7.34. The molecule has 124 valence electrons. The van der Waals surface area contributed by atoms with Crippen molar-refractivity contribution < 1.29 is 9.32 Å². The van der Waals surface area contributed by atoms with E-state index in [1.165, 1.54) is 11.3 Å². The summed E-state index contributed by atoms with van der Waals surface area (Å²) in [5.41, 5.74) is 3.10. The standard InChI is InChI=1S/C17H16ClN3O2S/c1-10-14(11(2)23-20-10)8-21(3)17(22)15-9-24-16(19-15)12-4-6-13(18)7-5-12/h4-7,9H,8H2,1-3H3. The summed E-state index contributed by atoms with van der Waals surface area (Å²) in [6, 6.07) is 7.40. The molecule has 0 aliphatic heterocycles. The fourth-order valence-corrected chi connectivity index (χ4v) is 3.26. The van der Waals surface area contributed by atoms with Crippen molar-refractivity contribution in [2.75, 3.05) is 7.05 Å². The number of aryl methyl sites for hydroxylation is 2. The van der Waals surface area contributed by atoms with Gasteiger partial charge in [0.25, 0.3) is 5.91 Å². The Morgan fingerprint density at radius 2 is 2.00 bits per heavy atom. The molecule has 0 aliphatic rings. The number of aromatic nitrogens is 2. The van der Waals surface area contributed by atoms with E-state index in [4.69, 9.17) is 16.1 Å². The fraction of sp³-hybridized carbons (Fsp3) is 0.235. The highest BCUT2D eigenvalue weighted by Gasteiger charge is 2.19. The minimum atomic E-state index is -0.133. The van der Waals surface area contributed by atoms with Gasteiger partial charge in [0, 0.05) is 28.6 Å². The lowest BCUT2D eigenvalue weighted by molar-refractivity contribution is 0.0779. The SMILES string of the molecule is Cc1noc(C)c1CN(C)C(=O)c1csc(-c2ccc(Cl)cc2)n1. The van der Waals surface area contributed by atoms with Crippen LogP contribution in [0, 0.1) is 13.8 Å². The summed E-state index contributed by atoms with van der Waals surface area (Å²) in [5, 5.41) is 7.15. The summed E-state index contributed by atoms with van der Waals surface area (Å²) in [6.07, 6.45) is 0. The van der Waals surface area contributed by atoms with Gasteiger partial charge in [0.15, 0.2) is 0 Å². The maximum absolute atomic E-state index is 12.6. The highest BCUT2D eigenvalue weighted by atomic mass is 35.5. The Balaban J connectivity index is 1.77. The lowest BCUT2D eigenvalue weighted by Crippen LogP contribution is -2.26. The average Bonchev–Trinajstić information content (AvgIpc) is 3.17. The van der Waals surface area contributed by atoms with Crippen LogP contribution in [0.1, 0.15) is 27.5 Å². The molecule has 0 bridgehead atoms. The largest absolute Gasteiger partial charge is 0.361 e. The van der Waals surface area contributed by atoms with Gasteiger partial charge in [0.1, 0.15) is 16.5 Å². The average molecular weight is 362 g/mol. The number of thiazole rings is 1. The van der Waals surface area contributed by atoms with E-state index in [2.05, 4.69) is 10.1 Å². The van der Waals surface area contributed by atoms with Gasteiger partial charge in [-0.15, -0.1) is 11.3 Å². The second-order valence-corrected chi connectivity index (χ2v) is 6.80. The molecule has 7 heteroatoms. The molecular formula is C17H16ClN3O2S. The molecule has 0 aliphatic carbocycles. The Bertz CT molecular complexity index is 851. The highest BCUT2D eigenvalue weighted by Crippen LogP contribution is 2.26. The number of hydrogen-bond donors (Lipinski definition) is 0. The van der Waals surface area contributed by atoms with Gasteiger partial charge in [-0.3, -0.25) is 4.79 Å². The van der Waals surface area contributed by atoms with Crippen molar-refractivity contribution in [2.45, 2.75) is 20.4 Å². The molecule has 5 nitrogen and oxygen atoms in total. The minimum Gasteiger partial charge on any atom is -0.361 e. The molecule has 0 atom stereocenters. The Labute approximate surface area is 148 Å². The number of halogens is 1. The molecule has 2 aromatic heterocycles. The van der Waals surface area contributed by atoms with Crippen LogP contribution in [0.2, 0.25) is 5.02 Å². The van der Waals surface area contributed by atoms with Crippen molar-refractivity contribution in [3.05, 3.63) is 57.4 Å². The van der Waals surface area contributed by atoms with Gasteiger partial charge < -0.3 is 9.42 Å². The summed E-state index contributed by atoms with van der Waals surface area (Å²) in [6.45, 7) is 4.15. The molecule has 24 heavy (non-hydrogen) atoms. The van der Waals surface area contributed by atoms with E-state index in [1.54, 1.807) is 17.3 Å². The van der Waals surface area contributed by atoms with E-state index in [9.17, 15) is 4.79 Å². The van der Waals surface area contributed by atoms with Crippen LogP contribution in [-0.4, -0.2) is 28.0 Å². The van der Waals surface area contributed by atoms with Crippen LogP contribution >= 0.6 is 22.9 Å². The summed E-state index contributed by atoms with van der Waals surface area (Å²) in [4.78, 5) is 18.7. The lowest BCUT2D eigenvalue weighted by atomic mass is 10.2. The first-order valence-corrected chi connectivity index (χ1v) is 8.60. The molecule has 0 saturated heterocycles. The van der Waals surface area contributed by atoms with Gasteiger partial charge in [-0.25, -0.2) is 4.98 Å². The van der Waals surface area contributed by atoms with Crippen LogP contribution < -0.4 is 0 Å². The molecule has 0 saturated carbocycles. The van der Waals surface area contributed by atoms with Crippen molar-refractivity contribution in [1.82, 2.24) is 15.0 Å². The second kappa shape index (κ2) is 6.75. The second-order valence-electron chi connectivity index (χ2n) is 5.51. The Kier molecular flexibility index (Phi) is 4.69. The van der Waals surface area contributed by atoms with Crippen LogP contribution in [0.15, 0.2) is 34.2 Å². The molecule has 0 unspecified atom stereocenters. The van der Waals surface area contributed by atoms with Crippen molar-refractivity contribution in [2.24, 2.45) is 0 Å². The maximum atomic E-state index is 12.6. The molecule has 1 aromatic carbocycles. The van der Waals surface area contributed by atoms with Gasteiger partial charge in [-0.1, -0.05) is 28.9 Å². The van der Waals surface area contributed by atoms with Crippen LogP contribution in [0.3, 0.4) is 0 Å². The van der Waals surface area contributed by atoms with Gasteiger partial charge in [0.05, 0.1) is 12.2 Å². The smallest absolute Gasteiger partial charge is 0.273 e. The minimum absolute atomic E-state index is 0.133. The number of hydrogen-bond acceptors (Lipinski definition) is 5. The molecule has 0 spiro atoms. The van der Waals surface area contributed by atoms with Gasteiger partial charge in [-0.2, -0.15) is 0 Å². The monoisotopic (exact) mass is 361 g/mol. The van der Waals surface area contributed by atoms with E-state index in [0.717, 1.165) is 27.6 Å².